The normalized spacial score (nSPS) is 11.2. The van der Waals surface area contributed by atoms with Crippen LogP contribution in [-0.4, -0.2) is 86.2 Å². The number of carbonyl (C=O) groups excluding carboxylic acids is 1. The van der Waals surface area contributed by atoms with E-state index in [-0.39, 0.29) is 40.1 Å². The topological polar surface area (TPSA) is 337 Å². The Kier molecular flexibility index (Phi) is 25.9. The minimum absolute atomic E-state index is 0.0602. The highest BCUT2D eigenvalue weighted by Crippen LogP contribution is 2.53. The van der Waals surface area contributed by atoms with Crippen molar-refractivity contribution in [2.24, 2.45) is 0 Å². The fourth-order valence-electron chi connectivity index (χ4n) is 12.1. The number of aromatic nitrogens is 1. The van der Waals surface area contributed by atoms with E-state index in [0.29, 0.717) is 62.8 Å². The Morgan fingerprint density at radius 1 is 0.367 bits per heavy atom. The number of alkyl halides is 2. The molecule has 0 saturated carbocycles. The van der Waals surface area contributed by atoms with Crippen molar-refractivity contribution in [3.8, 4) is 122 Å². The van der Waals surface area contributed by atoms with Crippen molar-refractivity contribution in [3.63, 3.8) is 0 Å². The number of pyridine rings is 1. The molecule has 0 unspecified atom stereocenters. The Labute approximate surface area is 697 Å². The zero-order valence-electron chi connectivity index (χ0n) is 62.5. The zero-order valence-corrected chi connectivity index (χ0v) is 65.8. The molecule has 10 N–H and O–H groups in total. The first-order valence-electron chi connectivity index (χ1n) is 36.0. The Bertz CT molecular complexity index is 6610. The standard InChI is InChI=1S/C24H16F2O4S.C24H18O5S.C24H16O5S.C22H15NO5S/c25-24(26)16-6-4-15(5-7-16)23-22(19-11-8-17(27)13-20(19)31-23)30-18-9-1-14(2-10-18)3-12-21(28)29;1-14-18(3-2-4-20(14)26)24-23(19-11-8-16(25)13-21(19)30-24)29-17-9-5-15(6-10-17)7-12-22(27)28;25-14-16-3-1-2-4-19(16)24-23(20-11-8-17(26)13-21(20)30-24)29-18-9-5-15(6-10-18)7-12-22(27)28;24-15-5-1-13(2-6-15)22-21(18-9-7-16(25)11-19(18)29-22)28-17-8-3-14(23-12-17)4-10-20(26)27/h1-13,24,27H,(H,28,29);2-13,25-26H,1H3,(H,27,28);1-14,26H,(H,27,28);1-12,24-25H,(H,26,27)/b12-3+;2*12-7+;10-4+. The van der Waals surface area contributed by atoms with Crippen LogP contribution < -0.4 is 18.9 Å². The molecule has 0 fully saturated rings. The average Bonchev–Trinajstić information content (AvgIpc) is 1.80. The number of phenolic OH excluding ortho intramolecular Hbond substituents is 6. The molecular weight excluding hydrogens is 1610 g/mol. The minimum atomic E-state index is -2.54. The predicted octanol–water partition coefficient (Wildman–Crippen LogP) is 24.5. The van der Waals surface area contributed by atoms with Crippen LogP contribution in [0.4, 0.5) is 8.78 Å². The number of aromatic hydroxyl groups is 6. The SMILES string of the molecule is Cc1c(O)cccc1-c1sc2cc(O)ccc2c1Oc1ccc(/C=C/C(=O)O)cc1.O=C(O)/C=C/c1ccc(Oc2c(-c3ccc(C(F)F)cc3)sc3cc(O)ccc23)cc1.O=C(O)/C=C/c1ccc(Oc2c(-c3ccc(O)cc3)sc3cc(O)ccc23)cn1.O=Cc1ccccc1-c1sc2cc(O)ccc2c1Oc1ccc(/C=C/C(=O)O)cc1. The average molecular weight is 1680 g/mol. The van der Waals surface area contributed by atoms with Gasteiger partial charge in [-0.25, -0.2) is 28.0 Å². The Morgan fingerprint density at radius 3 is 1.09 bits per heavy atom. The lowest BCUT2D eigenvalue weighted by Gasteiger charge is -2.11. The smallest absolute Gasteiger partial charge is 0.328 e. The predicted molar refractivity (Wildman–Crippen MR) is 465 cm³/mol. The van der Waals surface area contributed by atoms with Crippen LogP contribution in [0.5, 0.6) is 80.5 Å². The van der Waals surface area contributed by atoms with Gasteiger partial charge in [0.2, 0.25) is 0 Å². The van der Waals surface area contributed by atoms with Gasteiger partial charge in [-0.15, -0.1) is 45.3 Å². The number of ether oxygens (including phenoxy) is 4. The highest BCUT2D eigenvalue weighted by Gasteiger charge is 2.24. The molecule has 20 nitrogen and oxygen atoms in total. The highest BCUT2D eigenvalue weighted by molar-refractivity contribution is 7.24. The van der Waals surface area contributed by atoms with Gasteiger partial charge in [0.25, 0.3) is 6.43 Å². The third-order valence-electron chi connectivity index (χ3n) is 17.9. The van der Waals surface area contributed by atoms with E-state index in [2.05, 4.69) is 4.98 Å². The molecule has 16 aromatic rings. The van der Waals surface area contributed by atoms with Gasteiger partial charge in [-0.05, 0) is 216 Å². The van der Waals surface area contributed by atoms with E-state index in [0.717, 1.165) is 129 Å². The molecule has 120 heavy (non-hydrogen) atoms. The van der Waals surface area contributed by atoms with Gasteiger partial charge in [-0.3, -0.25) is 9.78 Å². The third kappa shape index (κ3) is 20.5. The molecule has 5 aromatic heterocycles. The van der Waals surface area contributed by atoms with Crippen LogP contribution in [0.25, 0.3) is 106 Å². The lowest BCUT2D eigenvalue weighted by atomic mass is 10.0. The van der Waals surface area contributed by atoms with Crippen molar-refractivity contribution in [1.82, 2.24) is 4.98 Å². The Morgan fingerprint density at radius 2 is 0.708 bits per heavy atom. The van der Waals surface area contributed by atoms with Crippen LogP contribution in [0.1, 0.15) is 50.3 Å². The molecule has 0 saturated heterocycles. The maximum Gasteiger partial charge on any atom is 0.328 e. The highest BCUT2D eigenvalue weighted by atomic mass is 32.1. The van der Waals surface area contributed by atoms with Crippen LogP contribution in [-0.2, 0) is 19.2 Å². The summed E-state index contributed by atoms with van der Waals surface area (Å²) in [7, 11) is 0. The van der Waals surface area contributed by atoms with E-state index in [1.165, 1.54) is 88.0 Å². The van der Waals surface area contributed by atoms with E-state index in [1.807, 2.05) is 31.2 Å². The van der Waals surface area contributed by atoms with Gasteiger partial charge < -0.3 is 70.0 Å². The third-order valence-corrected chi connectivity index (χ3v) is 22.6. The zero-order chi connectivity index (χ0) is 84.7. The number of carboxylic acid groups (broad SMARTS) is 4. The van der Waals surface area contributed by atoms with Gasteiger partial charge in [-0.2, -0.15) is 0 Å². The van der Waals surface area contributed by atoms with Crippen molar-refractivity contribution in [1.29, 1.82) is 0 Å². The van der Waals surface area contributed by atoms with Crippen molar-refractivity contribution >= 4 is 140 Å². The van der Waals surface area contributed by atoms with Gasteiger partial charge in [0.15, 0.2) is 29.3 Å². The van der Waals surface area contributed by atoms with Gasteiger partial charge in [0.05, 0.1) is 31.4 Å². The second-order valence-corrected chi connectivity index (χ2v) is 30.3. The molecule has 5 heterocycles. The number of thiophene rings is 4. The molecule has 26 heteroatoms. The number of carbonyl (C=O) groups is 5. The molecule has 0 spiro atoms. The summed E-state index contributed by atoms with van der Waals surface area (Å²) in [5.41, 5.74) is 7.11. The van der Waals surface area contributed by atoms with Crippen molar-refractivity contribution in [2.75, 3.05) is 0 Å². The fourth-order valence-corrected chi connectivity index (χ4v) is 16.9. The van der Waals surface area contributed by atoms with Crippen LogP contribution in [0.15, 0.2) is 279 Å². The van der Waals surface area contributed by atoms with Gasteiger partial charge in [0.1, 0.15) is 57.5 Å². The molecule has 0 aliphatic carbocycles. The molecule has 0 bridgehead atoms. The molecule has 0 aliphatic heterocycles. The monoisotopic (exact) mass is 1680 g/mol. The summed E-state index contributed by atoms with van der Waals surface area (Å²) in [5.74, 6) is 1.48. The number of benzene rings is 11. The molecule has 16 rings (SSSR count). The van der Waals surface area contributed by atoms with Crippen LogP contribution in [0.3, 0.4) is 0 Å². The number of fused-ring (bicyclic) bond motifs is 4. The first-order chi connectivity index (χ1) is 57.9. The summed E-state index contributed by atoms with van der Waals surface area (Å²) in [5, 5.41) is 97.4. The first-order valence-corrected chi connectivity index (χ1v) is 39.3. The molecule has 0 radical (unpaired) electrons. The van der Waals surface area contributed by atoms with Crippen molar-refractivity contribution in [3.05, 3.63) is 318 Å². The molecule has 598 valence electrons. The number of halogens is 2. The molecule has 0 atom stereocenters. The summed E-state index contributed by atoms with van der Waals surface area (Å²) in [4.78, 5) is 61.6. The number of rotatable bonds is 22. The number of aldehydes is 1. The Balaban J connectivity index is 0.000000138. The van der Waals surface area contributed by atoms with E-state index < -0.39 is 30.3 Å². The summed E-state index contributed by atoms with van der Waals surface area (Å²) in [6, 6.07) is 69.9. The van der Waals surface area contributed by atoms with Gasteiger partial charge in [0, 0.05) is 86.9 Å². The first kappa shape index (κ1) is 82.8. The summed E-state index contributed by atoms with van der Waals surface area (Å²) < 4.78 is 53.9. The largest absolute Gasteiger partial charge is 0.508 e. The summed E-state index contributed by atoms with van der Waals surface area (Å²) >= 11 is 5.77. The van der Waals surface area contributed by atoms with Crippen molar-refractivity contribution < 1.29 is 103 Å². The maximum atomic E-state index is 12.9. The minimum Gasteiger partial charge on any atom is -0.508 e. The molecular formula is C94H65F2NO19S4. The van der Waals surface area contributed by atoms with E-state index in [9.17, 15) is 63.4 Å². The van der Waals surface area contributed by atoms with Gasteiger partial charge in [-0.1, -0.05) is 97.1 Å². The number of phenols is 6. The van der Waals surface area contributed by atoms with Crippen LogP contribution in [0.2, 0.25) is 0 Å². The lowest BCUT2D eigenvalue weighted by Crippen LogP contribution is -1.89. The Hall–Kier alpha value is -15.2. The summed E-state index contributed by atoms with van der Waals surface area (Å²) in [6.07, 6.45) is 9.90. The number of carboxylic acids is 4. The van der Waals surface area contributed by atoms with E-state index in [1.54, 1.807) is 212 Å². The summed E-state index contributed by atoms with van der Waals surface area (Å²) in [6.45, 7) is 1.85. The lowest BCUT2D eigenvalue weighted by molar-refractivity contribution is -0.132. The quantitative estimate of drug-likeness (QED) is 0.0223. The molecule has 11 aromatic carbocycles. The number of aliphatic carboxylic acids is 4. The van der Waals surface area contributed by atoms with Crippen LogP contribution >= 0.6 is 45.3 Å². The van der Waals surface area contributed by atoms with Crippen molar-refractivity contribution in [2.45, 2.75) is 13.3 Å². The van der Waals surface area contributed by atoms with Crippen LogP contribution in [0, 0.1) is 6.92 Å². The number of hydrogen-bond donors (Lipinski definition) is 10. The number of hydrogen-bond acceptors (Lipinski definition) is 20. The molecule has 0 aliphatic rings. The number of nitrogens with zero attached hydrogens (tertiary/aromatic N) is 1. The molecule has 0 amide bonds. The van der Waals surface area contributed by atoms with E-state index in [4.69, 9.17) is 39.4 Å². The second-order valence-electron chi connectivity index (χ2n) is 26.1. The van der Waals surface area contributed by atoms with Gasteiger partial charge >= 0.3 is 23.9 Å². The fraction of sp³-hybridized carbons (Fsp3) is 0.0213. The van der Waals surface area contributed by atoms with E-state index >= 15 is 0 Å². The second kappa shape index (κ2) is 37.6. The maximum absolute atomic E-state index is 12.9.